The monoisotopic (exact) mass is 270 g/mol. The summed E-state index contributed by atoms with van der Waals surface area (Å²) in [5.41, 5.74) is 0.889. The zero-order valence-corrected chi connectivity index (χ0v) is 12.5. The van der Waals surface area contributed by atoms with Gasteiger partial charge in [-0.25, -0.2) is 0 Å². The zero-order chi connectivity index (χ0) is 14.6. The lowest BCUT2D eigenvalue weighted by atomic mass is 9.91. The fraction of sp³-hybridized carbons (Fsp3) is 0.471. The van der Waals surface area contributed by atoms with Crippen molar-refractivity contribution in [2.24, 2.45) is 5.41 Å². The van der Waals surface area contributed by atoms with Crippen LogP contribution in [0.2, 0.25) is 0 Å². The van der Waals surface area contributed by atoms with Crippen molar-refractivity contribution in [1.82, 2.24) is 4.57 Å². The molecule has 0 saturated carbocycles. The molecule has 20 heavy (non-hydrogen) atoms. The molecule has 0 amide bonds. The Bertz CT molecular complexity index is 619. The summed E-state index contributed by atoms with van der Waals surface area (Å²) in [5, 5.41) is 10.2. The summed E-state index contributed by atoms with van der Waals surface area (Å²) in [5.74, 6) is 0.947. The number of nitrogens with zero attached hydrogens (tertiary/aromatic N) is 2. The van der Waals surface area contributed by atoms with E-state index in [9.17, 15) is 0 Å². The molecule has 0 aliphatic heterocycles. The van der Waals surface area contributed by atoms with Crippen LogP contribution in [0.4, 0.5) is 0 Å². The minimum atomic E-state index is -0.285. The average Bonchev–Trinajstić information content (AvgIpc) is 2.87. The van der Waals surface area contributed by atoms with E-state index in [4.69, 9.17) is 10.00 Å². The van der Waals surface area contributed by atoms with Gasteiger partial charge >= 0.3 is 0 Å². The Balaban J connectivity index is 2.22. The Labute approximate surface area is 120 Å². The summed E-state index contributed by atoms with van der Waals surface area (Å²) >= 11 is 0. The van der Waals surface area contributed by atoms with Gasteiger partial charge in [0.1, 0.15) is 5.75 Å². The Morgan fingerprint density at radius 1 is 1.30 bits per heavy atom. The molecule has 1 heterocycles. The minimum absolute atomic E-state index is 0.285. The van der Waals surface area contributed by atoms with Gasteiger partial charge in [-0.15, -0.1) is 0 Å². The van der Waals surface area contributed by atoms with E-state index in [0.29, 0.717) is 0 Å². The summed E-state index contributed by atoms with van der Waals surface area (Å²) in [6.07, 6.45) is 3.93. The van der Waals surface area contributed by atoms with Crippen molar-refractivity contribution >= 4 is 10.9 Å². The van der Waals surface area contributed by atoms with Gasteiger partial charge in [0.2, 0.25) is 0 Å². The molecule has 1 aromatic carbocycles. The van der Waals surface area contributed by atoms with Crippen LogP contribution in [0.1, 0.15) is 33.6 Å². The minimum Gasteiger partial charge on any atom is -0.493 e. The second-order valence-electron chi connectivity index (χ2n) is 5.79. The Morgan fingerprint density at radius 2 is 2.10 bits per heavy atom. The van der Waals surface area contributed by atoms with E-state index in [1.165, 1.54) is 5.52 Å². The van der Waals surface area contributed by atoms with Crippen LogP contribution in [0.25, 0.3) is 10.9 Å². The molecule has 1 aromatic heterocycles. The highest BCUT2D eigenvalue weighted by Gasteiger charge is 2.17. The highest BCUT2D eigenvalue weighted by Crippen LogP contribution is 2.28. The standard InChI is InChI=1S/C17H22N2O/c1-4-12-20-16-7-5-6-15-14(16)8-10-19(15)11-9-17(2,3)13-18/h5-8,10H,4,9,11-12H2,1-3H3. The fourth-order valence-electron chi connectivity index (χ4n) is 2.18. The quantitative estimate of drug-likeness (QED) is 0.781. The predicted molar refractivity (Wildman–Crippen MR) is 81.7 cm³/mol. The second-order valence-corrected chi connectivity index (χ2v) is 5.79. The van der Waals surface area contributed by atoms with Crippen LogP contribution in [-0.4, -0.2) is 11.2 Å². The van der Waals surface area contributed by atoms with Gasteiger partial charge in [0.05, 0.1) is 23.6 Å². The Hall–Kier alpha value is -1.95. The van der Waals surface area contributed by atoms with Crippen molar-refractivity contribution in [2.75, 3.05) is 6.61 Å². The zero-order valence-electron chi connectivity index (χ0n) is 12.5. The molecule has 0 aliphatic carbocycles. The van der Waals surface area contributed by atoms with Crippen molar-refractivity contribution in [3.05, 3.63) is 30.5 Å². The smallest absolute Gasteiger partial charge is 0.128 e. The molecular weight excluding hydrogens is 248 g/mol. The summed E-state index contributed by atoms with van der Waals surface area (Å²) in [6, 6.07) is 10.6. The molecule has 0 saturated heterocycles. The van der Waals surface area contributed by atoms with Crippen LogP contribution in [0.15, 0.2) is 30.5 Å². The molecule has 2 aromatic rings. The number of benzene rings is 1. The first kappa shape index (κ1) is 14.5. The van der Waals surface area contributed by atoms with Crippen molar-refractivity contribution in [2.45, 2.75) is 40.2 Å². The molecule has 0 aliphatic rings. The molecule has 0 fully saturated rings. The third-order valence-corrected chi connectivity index (χ3v) is 3.52. The summed E-state index contributed by atoms with van der Waals surface area (Å²) < 4.78 is 7.98. The van der Waals surface area contributed by atoms with Crippen LogP contribution in [0, 0.1) is 16.7 Å². The first-order chi connectivity index (χ1) is 9.57. The number of aromatic nitrogens is 1. The van der Waals surface area contributed by atoms with Crippen molar-refractivity contribution in [1.29, 1.82) is 5.26 Å². The third-order valence-electron chi connectivity index (χ3n) is 3.52. The van der Waals surface area contributed by atoms with E-state index in [2.05, 4.69) is 35.9 Å². The average molecular weight is 270 g/mol. The van der Waals surface area contributed by atoms with Gasteiger partial charge in [-0.05, 0) is 44.9 Å². The SMILES string of the molecule is CCCOc1cccc2c1ccn2CCC(C)(C)C#N. The van der Waals surface area contributed by atoms with Crippen LogP contribution in [0.3, 0.4) is 0 Å². The molecule has 0 radical (unpaired) electrons. The van der Waals surface area contributed by atoms with E-state index in [-0.39, 0.29) is 5.41 Å². The van der Waals surface area contributed by atoms with Gasteiger partial charge in [0, 0.05) is 18.1 Å². The topological polar surface area (TPSA) is 38.0 Å². The molecule has 0 unspecified atom stereocenters. The maximum absolute atomic E-state index is 9.10. The van der Waals surface area contributed by atoms with Crippen molar-refractivity contribution < 1.29 is 4.74 Å². The number of rotatable bonds is 6. The van der Waals surface area contributed by atoms with Gasteiger partial charge in [-0.2, -0.15) is 5.26 Å². The van der Waals surface area contributed by atoms with Crippen molar-refractivity contribution in [3.8, 4) is 11.8 Å². The molecule has 0 bridgehead atoms. The maximum Gasteiger partial charge on any atom is 0.128 e. The fourth-order valence-corrected chi connectivity index (χ4v) is 2.18. The normalized spacial score (nSPS) is 11.5. The van der Waals surface area contributed by atoms with Gasteiger partial charge in [-0.1, -0.05) is 13.0 Å². The lowest BCUT2D eigenvalue weighted by Gasteiger charge is -2.16. The van der Waals surface area contributed by atoms with E-state index in [0.717, 1.165) is 37.1 Å². The van der Waals surface area contributed by atoms with Gasteiger partial charge < -0.3 is 9.30 Å². The Morgan fingerprint density at radius 3 is 2.80 bits per heavy atom. The largest absolute Gasteiger partial charge is 0.493 e. The molecule has 106 valence electrons. The first-order valence-corrected chi connectivity index (χ1v) is 7.19. The first-order valence-electron chi connectivity index (χ1n) is 7.19. The number of aryl methyl sites for hydroxylation is 1. The van der Waals surface area contributed by atoms with E-state index < -0.39 is 0 Å². The number of fused-ring (bicyclic) bond motifs is 1. The summed E-state index contributed by atoms with van der Waals surface area (Å²) in [7, 11) is 0. The highest BCUT2D eigenvalue weighted by molar-refractivity contribution is 5.86. The third kappa shape index (κ3) is 3.14. The summed E-state index contributed by atoms with van der Waals surface area (Å²) in [6.45, 7) is 7.66. The molecule has 0 N–H and O–H groups in total. The molecule has 0 spiro atoms. The van der Waals surface area contributed by atoms with Crippen LogP contribution in [0.5, 0.6) is 5.75 Å². The molecular formula is C17H22N2O. The highest BCUT2D eigenvalue weighted by atomic mass is 16.5. The van der Waals surface area contributed by atoms with Crippen LogP contribution in [-0.2, 0) is 6.54 Å². The number of hydrogen-bond acceptors (Lipinski definition) is 2. The van der Waals surface area contributed by atoms with Crippen LogP contribution >= 0.6 is 0 Å². The number of hydrogen-bond donors (Lipinski definition) is 0. The lowest BCUT2D eigenvalue weighted by Crippen LogP contribution is -2.11. The van der Waals surface area contributed by atoms with Crippen molar-refractivity contribution in [3.63, 3.8) is 0 Å². The van der Waals surface area contributed by atoms with Gasteiger partial charge in [-0.3, -0.25) is 0 Å². The van der Waals surface area contributed by atoms with Gasteiger partial charge in [0.15, 0.2) is 0 Å². The lowest BCUT2D eigenvalue weighted by molar-refractivity contribution is 0.321. The maximum atomic E-state index is 9.10. The second kappa shape index (κ2) is 6.00. The van der Waals surface area contributed by atoms with E-state index in [1.807, 2.05) is 26.0 Å². The predicted octanol–water partition coefficient (Wildman–Crippen LogP) is 4.37. The molecule has 2 rings (SSSR count). The Kier molecular flexibility index (Phi) is 4.34. The molecule has 3 heteroatoms. The molecule has 3 nitrogen and oxygen atoms in total. The number of nitriles is 1. The molecule has 0 atom stereocenters. The summed E-state index contributed by atoms with van der Waals surface area (Å²) in [4.78, 5) is 0. The van der Waals surface area contributed by atoms with E-state index >= 15 is 0 Å². The van der Waals surface area contributed by atoms with E-state index in [1.54, 1.807) is 0 Å². The van der Waals surface area contributed by atoms with Gasteiger partial charge in [0.25, 0.3) is 0 Å². The number of ether oxygens (including phenoxy) is 1. The van der Waals surface area contributed by atoms with Crippen LogP contribution < -0.4 is 4.74 Å².